The number of nitrogens with two attached hydrogens (primary N) is 1. The van der Waals surface area contributed by atoms with Gasteiger partial charge in [-0.3, -0.25) is 4.98 Å². The molecule has 0 unspecified atom stereocenters. The summed E-state index contributed by atoms with van der Waals surface area (Å²) in [6.07, 6.45) is 5.30. The van der Waals surface area contributed by atoms with E-state index in [2.05, 4.69) is 45.4 Å². The Balaban J connectivity index is 1.53. The van der Waals surface area contributed by atoms with Crippen molar-refractivity contribution in [2.24, 2.45) is 0 Å². The summed E-state index contributed by atoms with van der Waals surface area (Å²) < 4.78 is 8.15. The lowest BCUT2D eigenvalue weighted by molar-refractivity contribution is 0.437. The van der Waals surface area contributed by atoms with Crippen LogP contribution < -0.4 is 10.5 Å². The summed E-state index contributed by atoms with van der Waals surface area (Å²) in [6.45, 7) is 0. The minimum atomic E-state index is -0.168. The maximum Gasteiger partial charge on any atom is 0.228 e. The predicted octanol–water partition coefficient (Wildman–Crippen LogP) is 5.21. The highest BCUT2D eigenvalue weighted by atomic mass is 16.5. The van der Waals surface area contributed by atoms with Crippen LogP contribution in [0.3, 0.4) is 0 Å². The molecule has 1 atom stereocenters. The van der Waals surface area contributed by atoms with E-state index < -0.39 is 0 Å². The summed E-state index contributed by atoms with van der Waals surface area (Å²) in [7, 11) is 0. The minimum Gasteiger partial charge on any atom is -0.438 e. The van der Waals surface area contributed by atoms with Gasteiger partial charge in [0.1, 0.15) is 12.1 Å². The summed E-state index contributed by atoms with van der Waals surface area (Å²) in [5.74, 6) is 1.70. The third-order valence-corrected chi connectivity index (χ3v) is 6.31. The Morgan fingerprint density at radius 3 is 2.68 bits per heavy atom. The number of para-hydroxylation sites is 1. The number of hydrogen-bond acceptors (Lipinski definition) is 6. The number of hydrogen-bond donors (Lipinski definition) is 1. The Hall–Kier alpha value is -4.78. The first kappa shape index (κ1) is 18.8. The topological polar surface area (TPSA) is 91.2 Å². The number of fused-ring (bicyclic) bond motifs is 6. The van der Waals surface area contributed by atoms with E-state index in [1.54, 1.807) is 17.0 Å². The van der Waals surface area contributed by atoms with Crippen LogP contribution in [0.25, 0.3) is 27.8 Å². The fourth-order valence-corrected chi connectivity index (χ4v) is 4.75. The van der Waals surface area contributed by atoms with Crippen LogP contribution in [0.1, 0.15) is 22.6 Å². The fraction of sp³-hybridized carbons (Fsp3) is 0.0370. The molecule has 7 rings (SSSR count). The summed E-state index contributed by atoms with van der Waals surface area (Å²) in [6, 6.07) is 24.0. The van der Waals surface area contributed by atoms with Crippen molar-refractivity contribution in [3.63, 3.8) is 0 Å². The summed E-state index contributed by atoms with van der Waals surface area (Å²) in [5.41, 5.74) is 11.2. The quantitative estimate of drug-likeness (QED) is 0.370. The van der Waals surface area contributed by atoms with Gasteiger partial charge < -0.3 is 10.5 Å². The number of anilines is 1. The van der Waals surface area contributed by atoms with E-state index in [0.29, 0.717) is 23.0 Å². The first-order valence-electron chi connectivity index (χ1n) is 11.0. The van der Waals surface area contributed by atoms with Crippen LogP contribution >= 0.6 is 0 Å². The molecule has 6 aromatic rings. The average molecular weight is 442 g/mol. The molecule has 34 heavy (non-hydrogen) atoms. The van der Waals surface area contributed by atoms with Crippen LogP contribution in [0.2, 0.25) is 0 Å². The van der Waals surface area contributed by atoms with Crippen molar-refractivity contribution in [3.8, 4) is 23.0 Å². The van der Waals surface area contributed by atoms with Crippen molar-refractivity contribution in [3.05, 3.63) is 108 Å². The van der Waals surface area contributed by atoms with E-state index in [4.69, 9.17) is 15.5 Å². The molecule has 0 amide bonds. The highest BCUT2D eigenvalue weighted by Gasteiger charge is 2.34. The molecule has 0 aliphatic carbocycles. The molecule has 7 heteroatoms. The molecular weight excluding hydrogens is 424 g/mol. The number of nitrogens with zero attached hydrogens (tertiary/aromatic N) is 5. The second-order valence-electron chi connectivity index (χ2n) is 8.28. The molecule has 0 spiro atoms. The van der Waals surface area contributed by atoms with Crippen LogP contribution in [-0.2, 0) is 0 Å². The molecule has 2 N–H and O–H groups in total. The second-order valence-corrected chi connectivity index (χ2v) is 8.28. The van der Waals surface area contributed by atoms with Gasteiger partial charge in [-0.25, -0.2) is 14.5 Å². The number of pyridine rings is 1. The monoisotopic (exact) mass is 442 g/mol. The van der Waals surface area contributed by atoms with Gasteiger partial charge in [0.15, 0.2) is 11.5 Å². The highest BCUT2D eigenvalue weighted by molar-refractivity contribution is 5.91. The Morgan fingerprint density at radius 2 is 1.79 bits per heavy atom. The fourth-order valence-electron chi connectivity index (χ4n) is 4.75. The van der Waals surface area contributed by atoms with E-state index in [1.807, 2.05) is 48.7 Å². The lowest BCUT2D eigenvalue weighted by Gasteiger charge is -2.28. The lowest BCUT2D eigenvalue weighted by atomic mass is 9.83. The first-order valence-corrected chi connectivity index (χ1v) is 11.0. The van der Waals surface area contributed by atoms with Crippen LogP contribution in [0.5, 0.6) is 11.6 Å². The summed E-state index contributed by atoms with van der Waals surface area (Å²) in [5, 5.41) is 6.83. The van der Waals surface area contributed by atoms with Crippen LogP contribution in [0.4, 0.5) is 5.69 Å². The van der Waals surface area contributed by atoms with E-state index in [1.165, 1.54) is 0 Å². The van der Waals surface area contributed by atoms with Crippen molar-refractivity contribution in [1.82, 2.24) is 24.6 Å². The van der Waals surface area contributed by atoms with Crippen LogP contribution in [0, 0.1) is 0 Å². The number of benzene rings is 3. The molecular formula is C27H18N6O. The Morgan fingerprint density at radius 1 is 0.912 bits per heavy atom. The van der Waals surface area contributed by atoms with E-state index in [0.717, 1.165) is 38.8 Å². The molecule has 0 fully saturated rings. The Kier molecular flexibility index (Phi) is 3.92. The average Bonchev–Trinajstić information content (AvgIpc) is 3.32. The lowest BCUT2D eigenvalue weighted by Crippen LogP contribution is -2.15. The summed E-state index contributed by atoms with van der Waals surface area (Å²) in [4.78, 5) is 13.9. The molecule has 162 valence electrons. The smallest absolute Gasteiger partial charge is 0.228 e. The standard InChI is InChI=1S/C27H18N6O/c28-21-10-4-3-9-19(21)25-31-26-23-22(17-7-5-13-29-14-17)20-12-11-16-6-1-2-8-18(16)24(20)34-27(23)30-15-33(26)32-25/h1-15,22H,28H2/t22-/m0/s1. The molecule has 3 aromatic carbocycles. The van der Waals surface area contributed by atoms with Crippen molar-refractivity contribution in [2.45, 2.75) is 5.92 Å². The molecule has 4 heterocycles. The van der Waals surface area contributed by atoms with Crippen LogP contribution in [0.15, 0.2) is 91.5 Å². The SMILES string of the molecule is Nc1ccccc1-c1nc2c3c(ncn2n1)Oc1c(ccc2ccccc12)[C@@H]3c1cccnc1. The Bertz CT molecular complexity index is 1710. The molecule has 3 aromatic heterocycles. The van der Waals surface area contributed by atoms with Crippen LogP contribution in [-0.4, -0.2) is 24.6 Å². The number of aromatic nitrogens is 5. The van der Waals surface area contributed by atoms with Gasteiger partial charge >= 0.3 is 0 Å². The highest BCUT2D eigenvalue weighted by Crippen LogP contribution is 2.50. The molecule has 0 bridgehead atoms. The van der Waals surface area contributed by atoms with E-state index in [9.17, 15) is 0 Å². The zero-order valence-electron chi connectivity index (χ0n) is 18.0. The predicted molar refractivity (Wildman–Crippen MR) is 130 cm³/mol. The molecule has 1 aliphatic rings. The van der Waals surface area contributed by atoms with Crippen molar-refractivity contribution in [1.29, 1.82) is 0 Å². The van der Waals surface area contributed by atoms with Gasteiger partial charge in [0.25, 0.3) is 0 Å². The maximum absolute atomic E-state index is 6.45. The normalized spacial score (nSPS) is 14.5. The van der Waals surface area contributed by atoms with Crippen molar-refractivity contribution in [2.75, 3.05) is 5.73 Å². The third-order valence-electron chi connectivity index (χ3n) is 6.31. The summed E-state index contributed by atoms with van der Waals surface area (Å²) >= 11 is 0. The van der Waals surface area contributed by atoms with Gasteiger partial charge in [0.05, 0.1) is 5.56 Å². The molecule has 0 saturated carbocycles. The zero-order valence-corrected chi connectivity index (χ0v) is 18.0. The van der Waals surface area contributed by atoms with E-state index in [-0.39, 0.29) is 5.92 Å². The minimum absolute atomic E-state index is 0.168. The largest absolute Gasteiger partial charge is 0.438 e. The molecule has 1 aliphatic heterocycles. The first-order chi connectivity index (χ1) is 16.8. The third kappa shape index (κ3) is 2.70. The van der Waals surface area contributed by atoms with E-state index >= 15 is 0 Å². The number of nitrogen functional groups attached to an aromatic ring is 1. The molecule has 7 nitrogen and oxygen atoms in total. The van der Waals surface area contributed by atoms with Gasteiger partial charge in [-0.1, -0.05) is 54.6 Å². The van der Waals surface area contributed by atoms with Gasteiger partial charge in [-0.15, -0.1) is 5.10 Å². The second kappa shape index (κ2) is 7.11. The van der Waals surface area contributed by atoms with Gasteiger partial charge in [-0.05, 0) is 29.1 Å². The van der Waals surface area contributed by atoms with Crippen molar-refractivity contribution < 1.29 is 4.74 Å². The number of rotatable bonds is 2. The Labute approximate surface area is 194 Å². The molecule has 0 saturated heterocycles. The van der Waals surface area contributed by atoms with Gasteiger partial charge in [-0.2, -0.15) is 0 Å². The number of ether oxygens (including phenoxy) is 1. The maximum atomic E-state index is 6.45. The van der Waals surface area contributed by atoms with Gasteiger partial charge in [0.2, 0.25) is 5.88 Å². The van der Waals surface area contributed by atoms with Gasteiger partial charge in [0, 0.05) is 40.5 Å². The molecule has 0 radical (unpaired) electrons. The zero-order chi connectivity index (χ0) is 22.6. The van der Waals surface area contributed by atoms with Crippen molar-refractivity contribution >= 4 is 22.1 Å².